The van der Waals surface area contributed by atoms with E-state index in [-0.39, 0.29) is 0 Å². The highest BCUT2D eigenvalue weighted by Gasteiger charge is 2.16. The summed E-state index contributed by atoms with van der Waals surface area (Å²) in [5, 5.41) is 3.55. The first-order chi connectivity index (χ1) is 6.99. The largest absolute Gasteiger partial charge is 0.444 e. The molecule has 5 nitrogen and oxygen atoms in total. The third-order valence-corrected chi connectivity index (χ3v) is 2.01. The summed E-state index contributed by atoms with van der Waals surface area (Å²) in [7, 11) is -3.16. The van der Waals surface area contributed by atoms with Crippen molar-refractivity contribution in [1.29, 1.82) is 0 Å². The van der Waals surface area contributed by atoms with E-state index in [1.54, 1.807) is 27.7 Å². The topological polar surface area (TPSA) is 72.5 Å². The van der Waals surface area contributed by atoms with Gasteiger partial charge in [-0.2, -0.15) is 0 Å². The number of sulfone groups is 1. The quantitative estimate of drug-likeness (QED) is 0.821. The molecule has 0 saturated carbocycles. The lowest BCUT2D eigenvalue weighted by Crippen LogP contribution is -2.36. The van der Waals surface area contributed by atoms with E-state index in [2.05, 4.69) is 5.32 Å². The molecule has 0 heterocycles. The van der Waals surface area contributed by atoms with Crippen molar-refractivity contribution >= 4 is 15.9 Å². The van der Waals surface area contributed by atoms with Gasteiger partial charge in [0.2, 0.25) is 0 Å². The van der Waals surface area contributed by atoms with Crippen molar-refractivity contribution in [3.05, 3.63) is 11.5 Å². The number of nitrogens with one attached hydrogen (secondary N) is 1. The molecule has 1 N–H and O–H groups in total. The van der Waals surface area contributed by atoms with Crippen LogP contribution in [-0.4, -0.2) is 32.4 Å². The van der Waals surface area contributed by atoms with Crippen LogP contribution in [0.25, 0.3) is 0 Å². The Balaban J connectivity index is 4.22. The molecule has 0 radical (unpaired) electrons. The average molecular weight is 249 g/mol. The average Bonchev–Trinajstić information content (AvgIpc) is 1.95. The Bertz CT molecular complexity index is 365. The molecule has 6 heteroatoms. The van der Waals surface area contributed by atoms with Gasteiger partial charge in [-0.1, -0.05) is 6.08 Å². The van der Waals surface area contributed by atoms with Gasteiger partial charge in [0, 0.05) is 17.7 Å². The first kappa shape index (κ1) is 15.0. The number of carbonyl (C=O) groups is 1. The maximum atomic E-state index is 11.3. The van der Waals surface area contributed by atoms with Crippen LogP contribution in [0.4, 0.5) is 4.79 Å². The summed E-state index contributed by atoms with van der Waals surface area (Å²) in [6.45, 7) is 6.92. The van der Waals surface area contributed by atoms with Gasteiger partial charge in [0.05, 0.1) is 0 Å². The van der Waals surface area contributed by atoms with Crippen molar-refractivity contribution < 1.29 is 17.9 Å². The van der Waals surface area contributed by atoms with Crippen molar-refractivity contribution in [1.82, 2.24) is 5.32 Å². The molecule has 0 spiro atoms. The van der Waals surface area contributed by atoms with Gasteiger partial charge in [-0.25, -0.2) is 13.2 Å². The second-order valence-electron chi connectivity index (χ2n) is 4.59. The maximum absolute atomic E-state index is 11.3. The molecule has 0 fully saturated rings. The van der Waals surface area contributed by atoms with Crippen LogP contribution in [0.1, 0.15) is 27.7 Å². The van der Waals surface area contributed by atoms with Gasteiger partial charge in [0.15, 0.2) is 9.84 Å². The highest BCUT2D eigenvalue weighted by Crippen LogP contribution is 2.06. The fourth-order valence-electron chi connectivity index (χ4n) is 0.802. The number of amides is 1. The Hall–Kier alpha value is -1.04. The Morgan fingerprint density at radius 1 is 1.38 bits per heavy atom. The van der Waals surface area contributed by atoms with E-state index in [0.717, 1.165) is 11.7 Å². The van der Waals surface area contributed by atoms with Crippen LogP contribution in [0.2, 0.25) is 0 Å². The zero-order valence-electron chi connectivity index (χ0n) is 10.3. The van der Waals surface area contributed by atoms with E-state index < -0.39 is 27.6 Å². The summed E-state index contributed by atoms with van der Waals surface area (Å²) in [5.74, 6) is 0. The molecule has 0 rings (SSSR count). The van der Waals surface area contributed by atoms with Crippen LogP contribution < -0.4 is 5.32 Å². The molecule has 0 aliphatic heterocycles. The fraction of sp³-hybridized carbons (Fsp3) is 0.700. The van der Waals surface area contributed by atoms with E-state index in [1.165, 1.54) is 6.08 Å². The number of ether oxygens (including phenoxy) is 1. The summed E-state index contributed by atoms with van der Waals surface area (Å²) >= 11 is 0. The zero-order chi connectivity index (χ0) is 13.0. The monoisotopic (exact) mass is 249 g/mol. The van der Waals surface area contributed by atoms with Crippen LogP contribution >= 0.6 is 0 Å². The molecular weight excluding hydrogens is 230 g/mol. The number of carbonyl (C=O) groups excluding carboxylic acids is 1. The first-order valence-electron chi connectivity index (χ1n) is 4.87. The molecule has 94 valence electrons. The Kier molecular flexibility index (Phi) is 4.99. The highest BCUT2D eigenvalue weighted by atomic mass is 32.2. The molecule has 0 saturated heterocycles. The molecule has 0 aliphatic rings. The molecule has 0 aromatic heterocycles. The second kappa shape index (κ2) is 5.34. The Morgan fingerprint density at radius 3 is 2.25 bits per heavy atom. The van der Waals surface area contributed by atoms with E-state index >= 15 is 0 Å². The van der Waals surface area contributed by atoms with Gasteiger partial charge in [-0.15, -0.1) is 0 Å². The lowest BCUT2D eigenvalue weighted by atomic mass is 10.2. The molecule has 0 bridgehead atoms. The number of rotatable bonds is 3. The minimum atomic E-state index is -3.16. The van der Waals surface area contributed by atoms with E-state index in [1.807, 2.05) is 0 Å². The minimum Gasteiger partial charge on any atom is -0.444 e. The highest BCUT2D eigenvalue weighted by molar-refractivity contribution is 7.93. The van der Waals surface area contributed by atoms with Gasteiger partial charge in [-0.05, 0) is 27.7 Å². The van der Waals surface area contributed by atoms with Crippen LogP contribution in [0.5, 0.6) is 0 Å². The lowest BCUT2D eigenvalue weighted by molar-refractivity contribution is 0.0518. The molecule has 16 heavy (non-hydrogen) atoms. The van der Waals surface area contributed by atoms with Crippen molar-refractivity contribution in [3.63, 3.8) is 0 Å². The third-order valence-electron chi connectivity index (χ3n) is 1.36. The second-order valence-corrected chi connectivity index (χ2v) is 6.52. The molecule has 0 unspecified atom stereocenters. The van der Waals surface area contributed by atoms with Crippen molar-refractivity contribution in [2.45, 2.75) is 39.3 Å². The van der Waals surface area contributed by atoms with E-state index in [4.69, 9.17) is 4.74 Å². The normalized spacial score (nSPS) is 14.8. The summed E-state index contributed by atoms with van der Waals surface area (Å²) in [6, 6.07) is -0.399. The van der Waals surface area contributed by atoms with Gasteiger partial charge in [-0.3, -0.25) is 0 Å². The number of alkyl carbamates (subject to hydrolysis) is 1. The smallest absolute Gasteiger partial charge is 0.408 e. The Labute approximate surface area is 96.8 Å². The van der Waals surface area contributed by atoms with E-state index in [9.17, 15) is 13.2 Å². The summed E-state index contributed by atoms with van der Waals surface area (Å²) < 4.78 is 26.6. The number of hydrogen-bond donors (Lipinski definition) is 1. The van der Waals surface area contributed by atoms with Crippen LogP contribution in [0.3, 0.4) is 0 Å². The predicted octanol–water partition coefficient (Wildman–Crippen LogP) is 1.46. The number of hydrogen-bond acceptors (Lipinski definition) is 4. The van der Waals surface area contributed by atoms with Gasteiger partial charge >= 0.3 is 6.09 Å². The summed E-state index contributed by atoms with van der Waals surface area (Å²) in [5.41, 5.74) is -0.565. The third kappa shape index (κ3) is 9.51. The van der Waals surface area contributed by atoms with Crippen molar-refractivity contribution in [3.8, 4) is 0 Å². The van der Waals surface area contributed by atoms with Gasteiger partial charge in [0.25, 0.3) is 0 Å². The molecule has 0 aromatic carbocycles. The molecule has 1 atom stereocenters. The fourth-order valence-corrected chi connectivity index (χ4v) is 1.32. The molecule has 1 amide bonds. The minimum absolute atomic E-state index is 0.399. The standard InChI is InChI=1S/C10H19NO4S/c1-8(6-7-16(5,13)14)11-9(12)15-10(2,3)4/h6-8H,1-5H3,(H,11,12)/b7-6+/t8-/m1/s1. The summed E-state index contributed by atoms with van der Waals surface area (Å²) in [6.07, 6.45) is 1.90. The van der Waals surface area contributed by atoms with E-state index in [0.29, 0.717) is 0 Å². The van der Waals surface area contributed by atoms with Gasteiger partial charge in [0.1, 0.15) is 5.60 Å². The van der Waals surface area contributed by atoms with Crippen LogP contribution in [0.15, 0.2) is 11.5 Å². The maximum Gasteiger partial charge on any atom is 0.408 e. The van der Waals surface area contributed by atoms with Crippen molar-refractivity contribution in [2.24, 2.45) is 0 Å². The first-order valence-corrected chi connectivity index (χ1v) is 6.83. The van der Waals surface area contributed by atoms with Crippen molar-refractivity contribution in [2.75, 3.05) is 6.26 Å². The predicted molar refractivity (Wildman–Crippen MR) is 62.8 cm³/mol. The molecular formula is C10H19NO4S. The zero-order valence-corrected chi connectivity index (χ0v) is 11.1. The van der Waals surface area contributed by atoms with Gasteiger partial charge < -0.3 is 10.1 Å². The van der Waals surface area contributed by atoms with Crippen LogP contribution in [0, 0.1) is 0 Å². The SMILES string of the molecule is C[C@H](/C=C/S(C)(=O)=O)NC(=O)OC(C)(C)C. The Morgan fingerprint density at radius 2 is 1.88 bits per heavy atom. The summed E-state index contributed by atoms with van der Waals surface area (Å²) in [4.78, 5) is 11.3. The van der Waals surface area contributed by atoms with Crippen LogP contribution in [-0.2, 0) is 14.6 Å². The molecule has 0 aromatic rings. The lowest BCUT2D eigenvalue weighted by Gasteiger charge is -2.20. The molecule has 0 aliphatic carbocycles.